The molecule has 2 aromatic rings. The van der Waals surface area contributed by atoms with Gasteiger partial charge in [0.2, 0.25) is 0 Å². The highest BCUT2D eigenvalue weighted by molar-refractivity contribution is 9.10. The average Bonchev–Trinajstić information content (AvgIpc) is 2.74. The summed E-state index contributed by atoms with van der Waals surface area (Å²) in [6.45, 7) is 0. The van der Waals surface area contributed by atoms with Crippen molar-refractivity contribution in [3.05, 3.63) is 48.5 Å². The Bertz CT molecular complexity index is 573. The molecule has 0 aliphatic heterocycles. The summed E-state index contributed by atoms with van der Waals surface area (Å²) in [5, 5.41) is 0.607. The maximum atomic E-state index is 6.24. The molecule has 1 unspecified atom stereocenters. The van der Waals surface area contributed by atoms with Crippen molar-refractivity contribution in [2.45, 2.75) is 6.04 Å². The first-order chi connectivity index (χ1) is 8.52. The number of methoxy groups -OCH3 is 1. The molecule has 1 atom stereocenters. The Hall–Kier alpha value is -0.260. The molecule has 0 radical (unpaired) electrons. The average molecular weight is 367 g/mol. The Labute approximate surface area is 128 Å². The summed E-state index contributed by atoms with van der Waals surface area (Å²) < 4.78 is 6.86. The van der Waals surface area contributed by atoms with Crippen molar-refractivity contribution in [3.8, 4) is 5.75 Å². The molecule has 1 aromatic carbocycles. The van der Waals surface area contributed by atoms with E-state index in [0.717, 1.165) is 14.9 Å². The number of hydrogen-bond donors (Lipinski definition) is 1. The van der Waals surface area contributed by atoms with E-state index in [1.807, 2.05) is 18.2 Å². The van der Waals surface area contributed by atoms with Crippen molar-refractivity contribution in [2.75, 3.05) is 7.11 Å². The van der Waals surface area contributed by atoms with Crippen molar-refractivity contribution in [1.82, 2.24) is 0 Å². The molecule has 0 aliphatic carbocycles. The van der Waals surface area contributed by atoms with Gasteiger partial charge in [-0.25, -0.2) is 0 Å². The van der Waals surface area contributed by atoms with Gasteiger partial charge in [0.15, 0.2) is 0 Å². The van der Waals surface area contributed by atoms with Crippen LogP contribution in [0.2, 0.25) is 9.36 Å². The molecule has 1 aromatic heterocycles. The largest absolute Gasteiger partial charge is 0.495 e. The lowest BCUT2D eigenvalue weighted by atomic mass is 10.1. The van der Waals surface area contributed by atoms with Gasteiger partial charge in [-0.3, -0.25) is 0 Å². The van der Waals surface area contributed by atoms with Gasteiger partial charge in [-0.2, -0.15) is 0 Å². The third-order valence-electron chi connectivity index (χ3n) is 2.48. The summed E-state index contributed by atoms with van der Waals surface area (Å²) in [5.74, 6) is 0.691. The predicted molar refractivity (Wildman–Crippen MR) is 81.1 cm³/mol. The smallest absolute Gasteiger partial charge is 0.138 e. The SMILES string of the molecule is COc1c(Br)cc(Cl)cc1C(N)c1ccc(Cl)s1. The molecule has 0 amide bonds. The van der Waals surface area contributed by atoms with Crippen LogP contribution >= 0.6 is 50.5 Å². The Morgan fingerprint density at radius 3 is 2.61 bits per heavy atom. The normalized spacial score (nSPS) is 12.5. The number of rotatable bonds is 3. The lowest BCUT2D eigenvalue weighted by molar-refractivity contribution is 0.405. The second kappa shape index (κ2) is 5.80. The number of benzene rings is 1. The van der Waals surface area contributed by atoms with Crippen molar-refractivity contribution in [3.63, 3.8) is 0 Å². The fourth-order valence-corrected chi connectivity index (χ4v) is 3.75. The van der Waals surface area contributed by atoms with Crippen molar-refractivity contribution >= 4 is 50.5 Å². The molecule has 2 N–H and O–H groups in total. The molecular formula is C12H10BrCl2NOS. The molecule has 0 fully saturated rings. The highest BCUT2D eigenvalue weighted by Gasteiger charge is 2.18. The van der Waals surface area contributed by atoms with E-state index in [-0.39, 0.29) is 6.04 Å². The lowest BCUT2D eigenvalue weighted by Gasteiger charge is -2.16. The van der Waals surface area contributed by atoms with Crippen molar-refractivity contribution in [2.24, 2.45) is 5.73 Å². The zero-order valence-electron chi connectivity index (χ0n) is 9.41. The van der Waals surface area contributed by atoms with E-state index < -0.39 is 0 Å². The summed E-state index contributed by atoms with van der Waals surface area (Å²) in [7, 11) is 1.60. The summed E-state index contributed by atoms with van der Waals surface area (Å²) >= 11 is 16.8. The third-order valence-corrected chi connectivity index (χ3v) is 4.60. The van der Waals surface area contributed by atoms with E-state index >= 15 is 0 Å². The van der Waals surface area contributed by atoms with Gasteiger partial charge < -0.3 is 10.5 Å². The first-order valence-corrected chi connectivity index (χ1v) is 7.43. The van der Waals surface area contributed by atoms with E-state index in [1.165, 1.54) is 11.3 Å². The molecule has 0 saturated heterocycles. The van der Waals surface area contributed by atoms with Crippen LogP contribution in [-0.2, 0) is 0 Å². The van der Waals surface area contributed by atoms with Crippen LogP contribution < -0.4 is 10.5 Å². The van der Waals surface area contributed by atoms with Crippen LogP contribution in [-0.4, -0.2) is 7.11 Å². The van der Waals surface area contributed by atoms with E-state index in [0.29, 0.717) is 15.1 Å². The molecular weight excluding hydrogens is 357 g/mol. The predicted octanol–water partition coefficient (Wildman–Crippen LogP) is 4.87. The number of thiophene rings is 1. The molecule has 6 heteroatoms. The zero-order chi connectivity index (χ0) is 13.3. The van der Waals surface area contributed by atoms with Crippen LogP contribution in [0.3, 0.4) is 0 Å². The summed E-state index contributed by atoms with van der Waals surface area (Å²) in [6.07, 6.45) is 0. The van der Waals surface area contributed by atoms with E-state index in [2.05, 4.69) is 15.9 Å². The van der Waals surface area contributed by atoms with Gasteiger partial charge in [-0.15, -0.1) is 11.3 Å². The lowest BCUT2D eigenvalue weighted by Crippen LogP contribution is -2.12. The minimum atomic E-state index is -0.313. The maximum absolute atomic E-state index is 6.24. The quantitative estimate of drug-likeness (QED) is 0.840. The number of halogens is 3. The number of hydrogen-bond acceptors (Lipinski definition) is 3. The summed E-state index contributed by atoms with van der Waals surface area (Å²) in [4.78, 5) is 0.965. The standard InChI is InChI=1S/C12H10BrCl2NOS/c1-17-12-7(4-6(14)5-8(12)13)11(16)9-2-3-10(15)18-9/h2-5,11H,16H2,1H3. The molecule has 96 valence electrons. The topological polar surface area (TPSA) is 35.2 Å². The monoisotopic (exact) mass is 365 g/mol. The van der Waals surface area contributed by atoms with Gasteiger partial charge in [0.25, 0.3) is 0 Å². The van der Waals surface area contributed by atoms with Crippen LogP contribution in [0.25, 0.3) is 0 Å². The van der Waals surface area contributed by atoms with E-state index in [1.54, 1.807) is 13.2 Å². The molecule has 0 aliphatic rings. The Morgan fingerprint density at radius 2 is 2.06 bits per heavy atom. The highest BCUT2D eigenvalue weighted by Crippen LogP contribution is 2.39. The third kappa shape index (κ3) is 2.83. The first kappa shape index (κ1) is 14.2. The van der Waals surface area contributed by atoms with Gasteiger partial charge >= 0.3 is 0 Å². The van der Waals surface area contributed by atoms with Crippen molar-refractivity contribution < 1.29 is 4.74 Å². The minimum absolute atomic E-state index is 0.313. The Kier molecular flexibility index (Phi) is 4.56. The summed E-state index contributed by atoms with van der Waals surface area (Å²) in [6, 6.07) is 7.01. The molecule has 0 bridgehead atoms. The van der Waals surface area contributed by atoms with E-state index in [4.69, 9.17) is 33.7 Å². The highest BCUT2D eigenvalue weighted by atomic mass is 79.9. The molecule has 0 spiro atoms. The second-order valence-corrected chi connectivity index (χ2v) is 6.67. The Balaban J connectivity index is 2.49. The molecule has 2 rings (SSSR count). The van der Waals surface area contributed by atoms with Gasteiger partial charge in [-0.1, -0.05) is 23.2 Å². The molecule has 0 saturated carbocycles. The van der Waals surface area contributed by atoms with Crippen molar-refractivity contribution in [1.29, 1.82) is 0 Å². The van der Waals surface area contributed by atoms with Crippen LogP contribution in [0.5, 0.6) is 5.75 Å². The Morgan fingerprint density at radius 1 is 1.33 bits per heavy atom. The molecule has 2 nitrogen and oxygen atoms in total. The number of nitrogens with two attached hydrogens (primary N) is 1. The van der Waals surface area contributed by atoms with E-state index in [9.17, 15) is 0 Å². The molecule has 18 heavy (non-hydrogen) atoms. The van der Waals surface area contributed by atoms with Gasteiger partial charge in [0.05, 0.1) is 22.0 Å². The molecule has 1 heterocycles. The summed E-state index contributed by atoms with van der Waals surface area (Å²) in [5.41, 5.74) is 7.07. The van der Waals surface area contributed by atoms with Crippen LogP contribution in [0.4, 0.5) is 0 Å². The first-order valence-electron chi connectivity index (χ1n) is 5.06. The maximum Gasteiger partial charge on any atom is 0.138 e. The fraction of sp³-hybridized carbons (Fsp3) is 0.167. The van der Waals surface area contributed by atoms with Crippen LogP contribution in [0.15, 0.2) is 28.7 Å². The number of ether oxygens (including phenoxy) is 1. The second-order valence-electron chi connectivity index (χ2n) is 3.63. The fourth-order valence-electron chi connectivity index (χ4n) is 1.68. The zero-order valence-corrected chi connectivity index (χ0v) is 13.3. The van der Waals surface area contributed by atoms with Gasteiger partial charge in [0, 0.05) is 15.5 Å². The van der Waals surface area contributed by atoms with Gasteiger partial charge in [0.1, 0.15) is 5.75 Å². The van der Waals surface area contributed by atoms with Gasteiger partial charge in [-0.05, 0) is 40.2 Å². The minimum Gasteiger partial charge on any atom is -0.495 e. The van der Waals surface area contributed by atoms with Crippen LogP contribution in [0, 0.1) is 0 Å². The van der Waals surface area contributed by atoms with Crippen LogP contribution in [0.1, 0.15) is 16.5 Å².